The van der Waals surface area contributed by atoms with Crippen LogP contribution in [0.5, 0.6) is 0 Å². The molecule has 3 heterocycles. The van der Waals surface area contributed by atoms with Gasteiger partial charge in [0.2, 0.25) is 0 Å². The molecule has 2 aliphatic rings. The van der Waals surface area contributed by atoms with E-state index in [2.05, 4.69) is 21.8 Å². The SMILES string of the molecule is COC(=O)c1cc(N2CCN(C)CC2)cc(CN2C(=O)c3ccccc3C2=O)n1. The number of hydrogen-bond donors (Lipinski definition) is 0. The van der Waals surface area contributed by atoms with Gasteiger partial charge in [0, 0.05) is 31.9 Å². The summed E-state index contributed by atoms with van der Waals surface area (Å²) in [6, 6.07) is 10.3. The molecule has 0 unspecified atom stereocenters. The van der Waals surface area contributed by atoms with Crippen LogP contribution >= 0.6 is 0 Å². The zero-order valence-electron chi connectivity index (χ0n) is 16.4. The lowest BCUT2D eigenvalue weighted by molar-refractivity contribution is 0.0593. The summed E-state index contributed by atoms with van der Waals surface area (Å²) >= 11 is 0. The Kier molecular flexibility index (Phi) is 5.02. The molecule has 4 rings (SSSR count). The number of piperazine rings is 1. The molecule has 0 atom stereocenters. The topological polar surface area (TPSA) is 83.0 Å². The van der Waals surface area contributed by atoms with Gasteiger partial charge in [0.05, 0.1) is 30.5 Å². The molecule has 1 saturated heterocycles. The summed E-state index contributed by atoms with van der Waals surface area (Å²) in [5.74, 6) is -1.25. The number of anilines is 1. The fourth-order valence-electron chi connectivity index (χ4n) is 3.65. The average Bonchev–Trinajstić information content (AvgIpc) is 2.98. The Morgan fingerprint density at radius 1 is 1.03 bits per heavy atom. The van der Waals surface area contributed by atoms with Gasteiger partial charge in [-0.15, -0.1) is 0 Å². The first-order chi connectivity index (χ1) is 14.0. The van der Waals surface area contributed by atoms with E-state index < -0.39 is 5.97 Å². The highest BCUT2D eigenvalue weighted by molar-refractivity contribution is 6.21. The van der Waals surface area contributed by atoms with Crippen molar-refractivity contribution in [2.75, 3.05) is 45.2 Å². The van der Waals surface area contributed by atoms with Gasteiger partial charge in [-0.05, 0) is 31.3 Å². The third-order valence-corrected chi connectivity index (χ3v) is 5.32. The third-order valence-electron chi connectivity index (χ3n) is 5.32. The highest BCUT2D eigenvalue weighted by Gasteiger charge is 2.35. The summed E-state index contributed by atoms with van der Waals surface area (Å²) in [7, 11) is 3.37. The molecule has 0 N–H and O–H groups in total. The number of amides is 2. The van der Waals surface area contributed by atoms with Crippen LogP contribution in [0, 0.1) is 0 Å². The molecule has 8 heteroatoms. The summed E-state index contributed by atoms with van der Waals surface area (Å²) < 4.78 is 4.84. The second-order valence-electron chi connectivity index (χ2n) is 7.23. The van der Waals surface area contributed by atoms with Gasteiger partial charge < -0.3 is 14.5 Å². The summed E-state index contributed by atoms with van der Waals surface area (Å²) in [5.41, 5.74) is 2.24. The number of pyridine rings is 1. The summed E-state index contributed by atoms with van der Waals surface area (Å²) in [5, 5.41) is 0. The standard InChI is InChI=1S/C21H22N4O4/c1-23-7-9-24(10-8-23)15-11-14(22-18(12-15)21(28)29-2)13-25-19(26)16-5-3-4-6-17(16)20(25)27/h3-6,11-12H,7-10,13H2,1-2H3. The fraction of sp³-hybridized carbons (Fsp3) is 0.333. The molecule has 1 fully saturated rings. The van der Waals surface area contributed by atoms with Crippen LogP contribution in [-0.4, -0.2) is 72.9 Å². The van der Waals surface area contributed by atoms with Crippen molar-refractivity contribution in [1.82, 2.24) is 14.8 Å². The van der Waals surface area contributed by atoms with E-state index >= 15 is 0 Å². The Morgan fingerprint density at radius 2 is 1.66 bits per heavy atom. The number of hydrogen-bond acceptors (Lipinski definition) is 7. The van der Waals surface area contributed by atoms with E-state index in [1.807, 2.05) is 6.07 Å². The molecule has 1 aromatic heterocycles. The molecular formula is C21H22N4O4. The number of rotatable bonds is 4. The van der Waals surface area contributed by atoms with E-state index in [1.165, 1.54) is 12.0 Å². The van der Waals surface area contributed by atoms with E-state index in [0.29, 0.717) is 16.8 Å². The Balaban J connectivity index is 1.65. The van der Waals surface area contributed by atoms with Gasteiger partial charge in [-0.2, -0.15) is 0 Å². The normalized spacial score (nSPS) is 16.9. The lowest BCUT2D eigenvalue weighted by atomic mass is 10.1. The number of ether oxygens (including phenoxy) is 1. The minimum Gasteiger partial charge on any atom is -0.464 e. The molecule has 2 amide bonds. The highest BCUT2D eigenvalue weighted by atomic mass is 16.5. The van der Waals surface area contributed by atoms with Crippen molar-refractivity contribution in [2.24, 2.45) is 0 Å². The molecule has 1 aromatic carbocycles. The van der Waals surface area contributed by atoms with Crippen molar-refractivity contribution in [2.45, 2.75) is 6.54 Å². The molecule has 0 aliphatic carbocycles. The largest absolute Gasteiger partial charge is 0.464 e. The van der Waals surface area contributed by atoms with Crippen molar-refractivity contribution in [1.29, 1.82) is 0 Å². The lowest BCUT2D eigenvalue weighted by Crippen LogP contribution is -2.44. The minimum atomic E-state index is -0.551. The van der Waals surface area contributed by atoms with Gasteiger partial charge >= 0.3 is 5.97 Å². The maximum atomic E-state index is 12.7. The predicted molar refractivity (Wildman–Crippen MR) is 106 cm³/mol. The first kappa shape index (κ1) is 19.1. The van der Waals surface area contributed by atoms with Crippen molar-refractivity contribution in [3.63, 3.8) is 0 Å². The summed E-state index contributed by atoms with van der Waals surface area (Å²) in [4.78, 5) is 47.4. The van der Waals surface area contributed by atoms with Crippen molar-refractivity contribution >= 4 is 23.5 Å². The van der Waals surface area contributed by atoms with Gasteiger partial charge in [-0.1, -0.05) is 12.1 Å². The van der Waals surface area contributed by atoms with E-state index in [1.54, 1.807) is 30.3 Å². The van der Waals surface area contributed by atoms with Crippen LogP contribution in [0.25, 0.3) is 0 Å². The van der Waals surface area contributed by atoms with Gasteiger partial charge in [-0.25, -0.2) is 9.78 Å². The van der Waals surface area contributed by atoms with Gasteiger partial charge in [-0.3, -0.25) is 14.5 Å². The van der Waals surface area contributed by atoms with Crippen LogP contribution in [0.1, 0.15) is 36.9 Å². The number of esters is 1. The smallest absolute Gasteiger partial charge is 0.356 e. The van der Waals surface area contributed by atoms with Crippen LogP contribution in [0.3, 0.4) is 0 Å². The van der Waals surface area contributed by atoms with E-state index in [4.69, 9.17) is 4.74 Å². The van der Waals surface area contributed by atoms with Crippen LogP contribution in [0.2, 0.25) is 0 Å². The predicted octanol–water partition coefficient (Wildman–Crippen LogP) is 1.42. The second-order valence-corrected chi connectivity index (χ2v) is 7.23. The zero-order valence-corrected chi connectivity index (χ0v) is 16.4. The molecule has 2 aliphatic heterocycles. The Hall–Kier alpha value is -3.26. The Labute approximate surface area is 168 Å². The highest BCUT2D eigenvalue weighted by Crippen LogP contribution is 2.26. The Bertz CT molecular complexity index is 947. The first-order valence-electron chi connectivity index (χ1n) is 9.46. The van der Waals surface area contributed by atoms with Gasteiger partial charge in [0.25, 0.3) is 11.8 Å². The molecule has 0 saturated carbocycles. The van der Waals surface area contributed by atoms with Gasteiger partial charge in [0.1, 0.15) is 0 Å². The monoisotopic (exact) mass is 394 g/mol. The van der Waals surface area contributed by atoms with Crippen molar-refractivity contribution in [3.8, 4) is 0 Å². The number of imide groups is 1. The fourth-order valence-corrected chi connectivity index (χ4v) is 3.65. The number of carbonyl (C=O) groups is 3. The third kappa shape index (κ3) is 3.58. The number of aromatic nitrogens is 1. The minimum absolute atomic E-state index is 0.00206. The number of benzene rings is 1. The molecule has 0 spiro atoms. The summed E-state index contributed by atoms with van der Waals surface area (Å²) in [6.45, 7) is 3.44. The number of carbonyl (C=O) groups excluding carboxylic acids is 3. The van der Waals surface area contributed by atoms with E-state index in [-0.39, 0.29) is 24.1 Å². The van der Waals surface area contributed by atoms with E-state index in [0.717, 1.165) is 31.9 Å². The van der Waals surface area contributed by atoms with Crippen molar-refractivity contribution in [3.05, 3.63) is 58.9 Å². The molecule has 29 heavy (non-hydrogen) atoms. The van der Waals surface area contributed by atoms with Crippen LogP contribution in [-0.2, 0) is 11.3 Å². The first-order valence-corrected chi connectivity index (χ1v) is 9.46. The maximum absolute atomic E-state index is 12.7. The molecule has 0 bridgehead atoms. The number of fused-ring (bicyclic) bond motifs is 1. The molecular weight excluding hydrogens is 372 g/mol. The zero-order chi connectivity index (χ0) is 20.5. The average molecular weight is 394 g/mol. The molecule has 2 aromatic rings. The molecule has 8 nitrogen and oxygen atoms in total. The van der Waals surface area contributed by atoms with Crippen LogP contribution in [0.4, 0.5) is 5.69 Å². The maximum Gasteiger partial charge on any atom is 0.356 e. The lowest BCUT2D eigenvalue weighted by Gasteiger charge is -2.34. The van der Waals surface area contributed by atoms with Crippen LogP contribution < -0.4 is 4.90 Å². The number of nitrogens with zero attached hydrogens (tertiary/aromatic N) is 4. The summed E-state index contributed by atoms with van der Waals surface area (Å²) in [6.07, 6.45) is 0. The van der Waals surface area contributed by atoms with Crippen LogP contribution in [0.15, 0.2) is 36.4 Å². The molecule has 150 valence electrons. The van der Waals surface area contributed by atoms with Crippen molar-refractivity contribution < 1.29 is 19.1 Å². The quantitative estimate of drug-likeness (QED) is 0.573. The second kappa shape index (κ2) is 7.63. The van der Waals surface area contributed by atoms with Gasteiger partial charge in [0.15, 0.2) is 5.69 Å². The number of methoxy groups -OCH3 is 1. The van der Waals surface area contributed by atoms with E-state index in [9.17, 15) is 14.4 Å². The Morgan fingerprint density at radius 3 is 2.24 bits per heavy atom. The number of likely N-dealkylation sites (N-methyl/N-ethyl adjacent to an activating group) is 1. The molecule has 0 radical (unpaired) electrons.